The summed E-state index contributed by atoms with van der Waals surface area (Å²) in [5, 5.41) is 6.02. The minimum atomic E-state index is 0.701. The van der Waals surface area contributed by atoms with E-state index in [4.69, 9.17) is 9.97 Å². The predicted octanol–water partition coefficient (Wildman–Crippen LogP) is 8.76. The zero-order valence-electron chi connectivity index (χ0n) is 19.2. The van der Waals surface area contributed by atoms with E-state index in [2.05, 4.69) is 120 Å². The van der Waals surface area contributed by atoms with Crippen LogP contribution in [0.4, 0.5) is 0 Å². The number of benzene rings is 5. The molecule has 0 saturated carbocycles. The summed E-state index contributed by atoms with van der Waals surface area (Å²) in [5.41, 5.74) is 5.31. The third kappa shape index (κ3) is 2.79. The summed E-state index contributed by atoms with van der Waals surface area (Å²) < 4.78 is 4.56. The maximum absolute atomic E-state index is 5.28. The maximum Gasteiger partial charge on any atom is 0.235 e. The lowest BCUT2D eigenvalue weighted by atomic mass is 10.0. The number of hydrogen-bond acceptors (Lipinski definition) is 3. The summed E-state index contributed by atoms with van der Waals surface area (Å²) in [7, 11) is 0. The summed E-state index contributed by atoms with van der Waals surface area (Å²) in [6.45, 7) is 0. The maximum atomic E-state index is 5.28. The van der Waals surface area contributed by atoms with Gasteiger partial charge in [0, 0.05) is 26.4 Å². The lowest BCUT2D eigenvalue weighted by Crippen LogP contribution is -2.02. The summed E-state index contributed by atoms with van der Waals surface area (Å²) in [5.74, 6) is 0.701. The molecule has 3 heterocycles. The van der Waals surface area contributed by atoms with E-state index in [1.807, 2.05) is 0 Å². The van der Waals surface area contributed by atoms with Crippen LogP contribution in [0.1, 0.15) is 0 Å². The number of thiophene rings is 1. The number of aromatic nitrogens is 3. The molecule has 0 aliphatic rings. The highest BCUT2D eigenvalue weighted by molar-refractivity contribution is 7.26. The van der Waals surface area contributed by atoms with Crippen LogP contribution >= 0.6 is 11.3 Å². The molecule has 36 heavy (non-hydrogen) atoms. The van der Waals surface area contributed by atoms with Crippen LogP contribution in [-0.2, 0) is 0 Å². The van der Waals surface area contributed by atoms with Gasteiger partial charge in [0.05, 0.1) is 26.9 Å². The molecule has 8 rings (SSSR count). The Morgan fingerprint density at radius 2 is 1.19 bits per heavy atom. The predicted molar refractivity (Wildman–Crippen MR) is 152 cm³/mol. The van der Waals surface area contributed by atoms with Gasteiger partial charge in [-0.25, -0.2) is 9.97 Å². The zero-order chi connectivity index (χ0) is 23.6. The van der Waals surface area contributed by atoms with Crippen molar-refractivity contribution in [2.24, 2.45) is 0 Å². The van der Waals surface area contributed by atoms with E-state index in [1.165, 1.54) is 31.6 Å². The van der Waals surface area contributed by atoms with Gasteiger partial charge in [-0.2, -0.15) is 0 Å². The van der Waals surface area contributed by atoms with Gasteiger partial charge in [-0.05, 0) is 35.0 Å². The van der Waals surface area contributed by atoms with Crippen LogP contribution in [0.5, 0.6) is 0 Å². The number of rotatable bonds is 2. The number of nitrogens with zero attached hydrogens (tertiary/aromatic N) is 3. The van der Waals surface area contributed by atoms with Gasteiger partial charge >= 0.3 is 0 Å². The third-order valence-electron chi connectivity index (χ3n) is 7.01. The van der Waals surface area contributed by atoms with Crippen LogP contribution in [0.2, 0.25) is 0 Å². The first-order valence-corrected chi connectivity index (χ1v) is 12.8. The summed E-state index contributed by atoms with van der Waals surface area (Å²) in [4.78, 5) is 10.5. The van der Waals surface area contributed by atoms with Gasteiger partial charge in [-0.3, -0.25) is 4.57 Å². The number of para-hydroxylation sites is 2. The van der Waals surface area contributed by atoms with Crippen molar-refractivity contribution < 1.29 is 0 Å². The molecule has 0 amide bonds. The van der Waals surface area contributed by atoms with E-state index in [-0.39, 0.29) is 0 Å². The second-order valence-electron chi connectivity index (χ2n) is 9.08. The molecule has 0 atom stereocenters. The molecule has 4 heteroatoms. The average Bonchev–Trinajstić information content (AvgIpc) is 3.48. The molecule has 0 fully saturated rings. The van der Waals surface area contributed by atoms with Crippen molar-refractivity contribution in [3.8, 4) is 17.2 Å². The molecule has 0 aliphatic carbocycles. The summed E-state index contributed by atoms with van der Waals surface area (Å²) in [6, 6.07) is 40.6. The molecule has 0 radical (unpaired) electrons. The minimum absolute atomic E-state index is 0.701. The van der Waals surface area contributed by atoms with E-state index in [1.54, 1.807) is 11.3 Å². The van der Waals surface area contributed by atoms with Gasteiger partial charge < -0.3 is 0 Å². The number of hydrogen-bond donors (Lipinski definition) is 0. The average molecular weight is 478 g/mol. The topological polar surface area (TPSA) is 30.7 Å². The van der Waals surface area contributed by atoms with E-state index in [9.17, 15) is 0 Å². The van der Waals surface area contributed by atoms with E-state index >= 15 is 0 Å². The van der Waals surface area contributed by atoms with Gasteiger partial charge in [-0.15, -0.1) is 11.3 Å². The Kier molecular flexibility index (Phi) is 4.10. The van der Waals surface area contributed by atoms with E-state index in [0.29, 0.717) is 5.95 Å². The first-order valence-electron chi connectivity index (χ1n) is 12.0. The fraction of sp³-hybridized carbons (Fsp3) is 0. The highest BCUT2D eigenvalue weighted by atomic mass is 32.1. The molecule has 3 aromatic heterocycles. The Balaban J connectivity index is 1.52. The second kappa shape index (κ2) is 7.48. The van der Waals surface area contributed by atoms with Gasteiger partial charge in [0.2, 0.25) is 5.95 Å². The largest absolute Gasteiger partial charge is 0.278 e. The second-order valence-corrected chi connectivity index (χ2v) is 10.1. The number of fused-ring (bicyclic) bond motifs is 7. The Labute approximate surface area is 210 Å². The fourth-order valence-electron chi connectivity index (χ4n) is 5.35. The van der Waals surface area contributed by atoms with Crippen molar-refractivity contribution in [3.63, 3.8) is 0 Å². The molecule has 0 saturated heterocycles. The van der Waals surface area contributed by atoms with Crippen molar-refractivity contribution >= 4 is 64.2 Å². The van der Waals surface area contributed by atoms with Crippen molar-refractivity contribution in [3.05, 3.63) is 115 Å². The molecule has 0 aliphatic heterocycles. The van der Waals surface area contributed by atoms with E-state index in [0.717, 1.165) is 32.5 Å². The lowest BCUT2D eigenvalue weighted by Gasteiger charge is -2.10. The van der Waals surface area contributed by atoms with Gasteiger partial charge in [-0.1, -0.05) is 91.0 Å². The molecule has 0 spiro atoms. The molecule has 168 valence electrons. The standard InChI is InChI=1S/C32H19N3S/c1-2-10-21-19-22(18-17-20(21)9-1)29-31-30(25-13-5-8-16-28(25)36-31)34-32(33-29)35-26-14-6-3-11-23(26)24-12-4-7-15-27(24)35/h1-19H. The highest BCUT2D eigenvalue weighted by Crippen LogP contribution is 2.40. The minimum Gasteiger partial charge on any atom is -0.278 e. The molecule has 5 aromatic carbocycles. The van der Waals surface area contributed by atoms with Crippen molar-refractivity contribution in [1.29, 1.82) is 0 Å². The molecular weight excluding hydrogens is 458 g/mol. The Bertz CT molecular complexity index is 2060. The first-order chi connectivity index (χ1) is 17.8. The molecule has 0 bridgehead atoms. The summed E-state index contributed by atoms with van der Waals surface area (Å²) >= 11 is 1.77. The van der Waals surface area contributed by atoms with Crippen LogP contribution in [0.3, 0.4) is 0 Å². The molecule has 8 aromatic rings. The monoisotopic (exact) mass is 477 g/mol. The van der Waals surface area contributed by atoms with Crippen LogP contribution in [0.25, 0.3) is 70.1 Å². The Morgan fingerprint density at radius 3 is 1.97 bits per heavy atom. The zero-order valence-corrected chi connectivity index (χ0v) is 20.0. The normalized spacial score (nSPS) is 11.9. The van der Waals surface area contributed by atoms with Crippen LogP contribution in [-0.4, -0.2) is 14.5 Å². The molecular formula is C32H19N3S. The van der Waals surface area contributed by atoms with Crippen LogP contribution in [0.15, 0.2) is 115 Å². The van der Waals surface area contributed by atoms with Crippen LogP contribution in [0, 0.1) is 0 Å². The van der Waals surface area contributed by atoms with Gasteiger partial charge in [0.1, 0.15) is 0 Å². The Hall–Kier alpha value is -4.54. The van der Waals surface area contributed by atoms with Crippen LogP contribution < -0.4 is 0 Å². The summed E-state index contributed by atoms with van der Waals surface area (Å²) in [6.07, 6.45) is 0. The highest BCUT2D eigenvalue weighted by Gasteiger charge is 2.19. The van der Waals surface area contributed by atoms with Crippen molar-refractivity contribution in [2.45, 2.75) is 0 Å². The lowest BCUT2D eigenvalue weighted by molar-refractivity contribution is 1.02. The SMILES string of the molecule is c1ccc2cc(-c3nc(-n4c5ccccc5c5ccccc54)nc4c3sc3ccccc34)ccc2c1. The Morgan fingerprint density at radius 1 is 0.556 bits per heavy atom. The smallest absolute Gasteiger partial charge is 0.235 e. The third-order valence-corrected chi connectivity index (χ3v) is 8.18. The van der Waals surface area contributed by atoms with E-state index < -0.39 is 0 Å². The first kappa shape index (κ1) is 19.7. The van der Waals surface area contributed by atoms with Gasteiger partial charge in [0.15, 0.2) is 0 Å². The quantitative estimate of drug-likeness (QED) is 0.249. The molecule has 0 unspecified atom stereocenters. The van der Waals surface area contributed by atoms with Crippen molar-refractivity contribution in [2.75, 3.05) is 0 Å². The molecule has 0 N–H and O–H groups in total. The molecule has 3 nitrogen and oxygen atoms in total. The van der Waals surface area contributed by atoms with Crippen molar-refractivity contribution in [1.82, 2.24) is 14.5 Å². The van der Waals surface area contributed by atoms with Gasteiger partial charge in [0.25, 0.3) is 0 Å². The fourth-order valence-corrected chi connectivity index (χ4v) is 6.50.